The minimum absolute atomic E-state index is 0. The zero-order valence-electron chi connectivity index (χ0n) is 13.0. The molecule has 2 rings (SSSR count). The molecule has 1 atom stereocenters. The van der Waals surface area contributed by atoms with Gasteiger partial charge in [-0.15, -0.1) is 24.0 Å². The predicted octanol–water partition coefficient (Wildman–Crippen LogP) is 2.75. The highest BCUT2D eigenvalue weighted by molar-refractivity contribution is 14.0. The van der Waals surface area contributed by atoms with Crippen LogP contribution in [0, 0.1) is 0 Å². The smallest absolute Gasteiger partial charge is 0.188 e. The first-order valence-corrected chi connectivity index (χ1v) is 7.52. The standard InChI is InChI=1S/C16H26N4.HI/c1-13(2)19-16(17)18-12-15(20-10-6-7-11-20)14-8-4-3-5-9-14;/h3-5,8-9,13,15H,6-7,10-12H2,1-2H3,(H3,17,18,19);1H. The number of nitrogens with one attached hydrogen (secondary N) is 1. The number of benzene rings is 1. The molecule has 1 aromatic carbocycles. The van der Waals surface area contributed by atoms with Crippen molar-refractivity contribution in [2.45, 2.75) is 38.8 Å². The van der Waals surface area contributed by atoms with E-state index in [2.05, 4.69) is 59.4 Å². The van der Waals surface area contributed by atoms with Crippen LogP contribution in [0.4, 0.5) is 0 Å². The van der Waals surface area contributed by atoms with E-state index in [-0.39, 0.29) is 24.0 Å². The first-order valence-electron chi connectivity index (χ1n) is 7.52. The van der Waals surface area contributed by atoms with Gasteiger partial charge in [-0.25, -0.2) is 0 Å². The van der Waals surface area contributed by atoms with Gasteiger partial charge in [0.15, 0.2) is 5.96 Å². The first-order chi connectivity index (χ1) is 9.66. The summed E-state index contributed by atoms with van der Waals surface area (Å²) in [4.78, 5) is 7.04. The minimum Gasteiger partial charge on any atom is -0.370 e. The van der Waals surface area contributed by atoms with Crippen molar-refractivity contribution in [2.24, 2.45) is 10.7 Å². The molecule has 1 fully saturated rings. The molecule has 1 aromatic rings. The number of nitrogens with zero attached hydrogens (tertiary/aromatic N) is 2. The molecule has 5 heteroatoms. The fourth-order valence-corrected chi connectivity index (χ4v) is 2.69. The second-order valence-corrected chi connectivity index (χ2v) is 5.69. The summed E-state index contributed by atoms with van der Waals surface area (Å²) < 4.78 is 0. The Hall–Kier alpha value is -0.820. The van der Waals surface area contributed by atoms with Crippen LogP contribution >= 0.6 is 24.0 Å². The van der Waals surface area contributed by atoms with Crippen molar-refractivity contribution in [3.05, 3.63) is 35.9 Å². The third kappa shape index (κ3) is 5.82. The van der Waals surface area contributed by atoms with Crippen molar-refractivity contribution in [1.82, 2.24) is 10.2 Å². The van der Waals surface area contributed by atoms with E-state index in [9.17, 15) is 0 Å². The van der Waals surface area contributed by atoms with Crippen LogP contribution in [0.3, 0.4) is 0 Å². The van der Waals surface area contributed by atoms with Crippen molar-refractivity contribution < 1.29 is 0 Å². The maximum Gasteiger partial charge on any atom is 0.188 e. The minimum atomic E-state index is 0. The zero-order chi connectivity index (χ0) is 14.4. The summed E-state index contributed by atoms with van der Waals surface area (Å²) in [7, 11) is 0. The van der Waals surface area contributed by atoms with Crippen molar-refractivity contribution >= 4 is 29.9 Å². The molecule has 118 valence electrons. The number of rotatable bonds is 5. The van der Waals surface area contributed by atoms with Gasteiger partial charge >= 0.3 is 0 Å². The van der Waals surface area contributed by atoms with Gasteiger partial charge in [-0.2, -0.15) is 0 Å². The molecule has 3 N–H and O–H groups in total. The molecule has 4 nitrogen and oxygen atoms in total. The van der Waals surface area contributed by atoms with E-state index in [4.69, 9.17) is 5.73 Å². The second-order valence-electron chi connectivity index (χ2n) is 5.69. The van der Waals surface area contributed by atoms with Crippen molar-refractivity contribution in [3.8, 4) is 0 Å². The topological polar surface area (TPSA) is 53.6 Å². The lowest BCUT2D eigenvalue weighted by Crippen LogP contribution is -2.37. The number of likely N-dealkylation sites (tertiary alicyclic amines) is 1. The largest absolute Gasteiger partial charge is 0.370 e. The average molecular weight is 402 g/mol. The summed E-state index contributed by atoms with van der Waals surface area (Å²) in [6, 6.07) is 11.3. The van der Waals surface area contributed by atoms with E-state index >= 15 is 0 Å². The lowest BCUT2D eigenvalue weighted by atomic mass is 10.1. The monoisotopic (exact) mass is 402 g/mol. The molecule has 0 bridgehead atoms. The summed E-state index contributed by atoms with van der Waals surface area (Å²) in [5.41, 5.74) is 7.25. The third-order valence-corrected chi connectivity index (χ3v) is 3.64. The number of nitrogens with two attached hydrogens (primary N) is 1. The Balaban J connectivity index is 0.00000220. The molecule has 0 radical (unpaired) electrons. The molecule has 21 heavy (non-hydrogen) atoms. The van der Waals surface area contributed by atoms with Crippen LogP contribution in [0.2, 0.25) is 0 Å². The summed E-state index contributed by atoms with van der Waals surface area (Å²) in [6.45, 7) is 7.17. The quantitative estimate of drug-likeness (QED) is 0.453. The molecule has 0 aromatic heterocycles. The maximum atomic E-state index is 5.92. The first kappa shape index (κ1) is 18.2. The van der Waals surface area contributed by atoms with Gasteiger partial charge in [0.25, 0.3) is 0 Å². The summed E-state index contributed by atoms with van der Waals surface area (Å²) in [5.74, 6) is 0.542. The van der Waals surface area contributed by atoms with Crippen molar-refractivity contribution in [2.75, 3.05) is 19.6 Å². The average Bonchev–Trinajstić information content (AvgIpc) is 2.93. The van der Waals surface area contributed by atoms with Gasteiger partial charge in [0.2, 0.25) is 0 Å². The maximum absolute atomic E-state index is 5.92. The van der Waals surface area contributed by atoms with E-state index in [1.165, 1.54) is 18.4 Å². The van der Waals surface area contributed by atoms with Gasteiger partial charge < -0.3 is 11.1 Å². The van der Waals surface area contributed by atoms with Gasteiger partial charge in [0.1, 0.15) is 0 Å². The Morgan fingerprint density at radius 3 is 2.43 bits per heavy atom. The summed E-state index contributed by atoms with van der Waals surface area (Å²) in [5, 5.41) is 3.15. The summed E-state index contributed by atoms with van der Waals surface area (Å²) >= 11 is 0. The van der Waals surface area contributed by atoms with E-state index in [1.807, 2.05) is 0 Å². The lowest BCUT2D eigenvalue weighted by molar-refractivity contribution is 0.251. The molecule has 0 spiro atoms. The normalized spacial score (nSPS) is 17.6. The SMILES string of the molecule is CC(C)NC(N)=NCC(c1ccccc1)N1CCCC1.I. The van der Waals surface area contributed by atoms with E-state index < -0.39 is 0 Å². The van der Waals surface area contributed by atoms with E-state index in [0.29, 0.717) is 18.0 Å². The molecule has 0 aliphatic carbocycles. The lowest BCUT2D eigenvalue weighted by Gasteiger charge is -2.26. The van der Waals surface area contributed by atoms with Gasteiger partial charge in [0, 0.05) is 6.04 Å². The molecule has 0 amide bonds. The van der Waals surface area contributed by atoms with Gasteiger partial charge in [-0.1, -0.05) is 30.3 Å². The molecule has 0 saturated carbocycles. The number of guanidine groups is 1. The molecule has 1 saturated heterocycles. The summed E-state index contributed by atoms with van der Waals surface area (Å²) in [6.07, 6.45) is 2.57. The Labute approximate surface area is 145 Å². The Kier molecular flexibility index (Phi) is 8.03. The highest BCUT2D eigenvalue weighted by atomic mass is 127. The van der Waals surface area contributed by atoms with E-state index in [0.717, 1.165) is 19.6 Å². The van der Waals surface area contributed by atoms with Gasteiger partial charge in [-0.3, -0.25) is 9.89 Å². The second kappa shape index (κ2) is 9.25. The van der Waals surface area contributed by atoms with Crippen LogP contribution in [0.5, 0.6) is 0 Å². The van der Waals surface area contributed by atoms with Gasteiger partial charge in [-0.05, 0) is 45.3 Å². The zero-order valence-corrected chi connectivity index (χ0v) is 15.3. The Morgan fingerprint density at radius 2 is 1.86 bits per heavy atom. The number of halogens is 1. The Bertz CT molecular complexity index is 427. The fourth-order valence-electron chi connectivity index (χ4n) is 2.69. The van der Waals surface area contributed by atoms with Crippen LogP contribution in [-0.2, 0) is 0 Å². The van der Waals surface area contributed by atoms with Gasteiger partial charge in [0.05, 0.1) is 12.6 Å². The fraction of sp³-hybridized carbons (Fsp3) is 0.562. The van der Waals surface area contributed by atoms with Crippen LogP contribution in [0.25, 0.3) is 0 Å². The highest BCUT2D eigenvalue weighted by Crippen LogP contribution is 2.25. The molecule has 1 unspecified atom stereocenters. The molecule has 1 aliphatic rings. The number of hydrogen-bond donors (Lipinski definition) is 2. The van der Waals surface area contributed by atoms with Crippen LogP contribution < -0.4 is 11.1 Å². The Morgan fingerprint density at radius 1 is 1.24 bits per heavy atom. The third-order valence-electron chi connectivity index (χ3n) is 3.64. The van der Waals surface area contributed by atoms with Crippen LogP contribution in [-0.4, -0.2) is 36.5 Å². The van der Waals surface area contributed by atoms with Crippen LogP contribution in [0.15, 0.2) is 35.3 Å². The van der Waals surface area contributed by atoms with Crippen molar-refractivity contribution in [3.63, 3.8) is 0 Å². The predicted molar refractivity (Wildman–Crippen MR) is 100 cm³/mol. The number of aliphatic imine (C=N–C) groups is 1. The van der Waals surface area contributed by atoms with Crippen molar-refractivity contribution in [1.29, 1.82) is 0 Å². The molecular weight excluding hydrogens is 375 g/mol. The molecule has 1 heterocycles. The van der Waals surface area contributed by atoms with Crippen LogP contribution in [0.1, 0.15) is 38.3 Å². The number of hydrogen-bond acceptors (Lipinski definition) is 2. The van der Waals surface area contributed by atoms with E-state index in [1.54, 1.807) is 0 Å². The molecule has 1 aliphatic heterocycles. The highest BCUT2D eigenvalue weighted by Gasteiger charge is 2.23. The molecular formula is C16H27IN4.